The maximum absolute atomic E-state index is 5.95. The average molecular weight is 216 g/mol. The van der Waals surface area contributed by atoms with E-state index < -0.39 is 0 Å². The van der Waals surface area contributed by atoms with E-state index in [0.717, 1.165) is 17.8 Å². The van der Waals surface area contributed by atoms with E-state index in [-0.39, 0.29) is 0 Å². The molecule has 0 unspecified atom stereocenters. The van der Waals surface area contributed by atoms with Crippen molar-refractivity contribution in [2.45, 2.75) is 20.4 Å². The lowest BCUT2D eigenvalue weighted by Gasteiger charge is -2.03. The van der Waals surface area contributed by atoms with E-state index in [2.05, 4.69) is 23.9 Å². The first kappa shape index (κ1) is 10.7. The Kier molecular flexibility index (Phi) is 2.90. The molecule has 2 N–H and O–H groups in total. The topological polar surface area (TPSA) is 56.7 Å². The molecule has 84 valence electrons. The van der Waals surface area contributed by atoms with Gasteiger partial charge in [-0.2, -0.15) is 5.10 Å². The number of pyridine rings is 1. The highest BCUT2D eigenvalue weighted by atomic mass is 15.3. The highest BCUT2D eigenvalue weighted by molar-refractivity contribution is 5.71. The monoisotopic (exact) mass is 216 g/mol. The third-order valence-corrected chi connectivity index (χ3v) is 2.30. The van der Waals surface area contributed by atoms with Gasteiger partial charge in [0.2, 0.25) is 0 Å². The normalized spacial score (nSPS) is 10.9. The molecule has 0 saturated carbocycles. The molecule has 4 nitrogen and oxygen atoms in total. The van der Waals surface area contributed by atoms with Crippen LogP contribution < -0.4 is 5.73 Å². The molecule has 2 rings (SSSR count). The Morgan fingerprint density at radius 2 is 2.00 bits per heavy atom. The zero-order chi connectivity index (χ0) is 11.5. The zero-order valence-electron chi connectivity index (χ0n) is 9.59. The number of aromatic nitrogens is 3. The summed E-state index contributed by atoms with van der Waals surface area (Å²) in [5.41, 5.74) is 8.51. The summed E-state index contributed by atoms with van der Waals surface area (Å²) in [6.45, 7) is 5.20. The second-order valence-corrected chi connectivity index (χ2v) is 4.28. The highest BCUT2D eigenvalue weighted by Crippen LogP contribution is 2.23. The van der Waals surface area contributed by atoms with Gasteiger partial charge in [-0.15, -0.1) is 0 Å². The van der Waals surface area contributed by atoms with E-state index in [1.165, 1.54) is 0 Å². The predicted molar refractivity (Wildman–Crippen MR) is 64.7 cm³/mol. The average Bonchev–Trinajstić information content (AvgIpc) is 2.60. The van der Waals surface area contributed by atoms with Crippen LogP contribution in [0.3, 0.4) is 0 Å². The lowest BCUT2D eigenvalue weighted by atomic mass is 10.2. The van der Waals surface area contributed by atoms with Gasteiger partial charge in [0.25, 0.3) is 0 Å². The number of hydrogen-bond donors (Lipinski definition) is 1. The second kappa shape index (κ2) is 4.35. The molecule has 0 aliphatic rings. The van der Waals surface area contributed by atoms with Crippen molar-refractivity contribution >= 4 is 5.69 Å². The molecule has 2 aromatic rings. The van der Waals surface area contributed by atoms with Crippen molar-refractivity contribution in [2.75, 3.05) is 5.73 Å². The van der Waals surface area contributed by atoms with Gasteiger partial charge in [0.05, 0.1) is 5.69 Å². The fourth-order valence-corrected chi connectivity index (χ4v) is 1.64. The van der Waals surface area contributed by atoms with E-state index in [1.54, 1.807) is 12.4 Å². The van der Waals surface area contributed by atoms with Gasteiger partial charge >= 0.3 is 0 Å². The summed E-state index contributed by atoms with van der Waals surface area (Å²) in [6, 6.07) is 3.83. The van der Waals surface area contributed by atoms with E-state index in [1.807, 2.05) is 23.0 Å². The molecule has 4 heteroatoms. The molecule has 16 heavy (non-hydrogen) atoms. The fraction of sp³-hybridized carbons (Fsp3) is 0.333. The van der Waals surface area contributed by atoms with Gasteiger partial charge in [-0.25, -0.2) is 0 Å². The van der Waals surface area contributed by atoms with E-state index in [9.17, 15) is 0 Å². The van der Waals surface area contributed by atoms with E-state index >= 15 is 0 Å². The van der Waals surface area contributed by atoms with Crippen molar-refractivity contribution in [2.24, 2.45) is 5.92 Å². The Balaban J connectivity index is 2.32. The maximum Gasteiger partial charge on any atom is 0.115 e. The van der Waals surface area contributed by atoms with Crippen molar-refractivity contribution < 1.29 is 0 Å². The van der Waals surface area contributed by atoms with Gasteiger partial charge in [0.1, 0.15) is 5.69 Å². The van der Waals surface area contributed by atoms with Crippen molar-refractivity contribution in [1.82, 2.24) is 14.8 Å². The number of nitrogens with two attached hydrogens (primary N) is 1. The minimum atomic E-state index is 0.560. The Labute approximate surface area is 95.1 Å². The zero-order valence-corrected chi connectivity index (χ0v) is 9.59. The molecule has 0 aromatic carbocycles. The summed E-state index contributed by atoms with van der Waals surface area (Å²) >= 11 is 0. The summed E-state index contributed by atoms with van der Waals surface area (Å²) in [7, 11) is 0. The van der Waals surface area contributed by atoms with Gasteiger partial charge in [-0.3, -0.25) is 9.67 Å². The Hall–Kier alpha value is -1.84. The lowest BCUT2D eigenvalue weighted by molar-refractivity contribution is 0.484. The number of hydrogen-bond acceptors (Lipinski definition) is 3. The summed E-state index contributed by atoms with van der Waals surface area (Å²) < 4.78 is 1.90. The first-order valence-electron chi connectivity index (χ1n) is 5.40. The third kappa shape index (κ3) is 2.21. The second-order valence-electron chi connectivity index (χ2n) is 4.28. The Bertz CT molecular complexity index is 459. The molecule has 0 saturated heterocycles. The maximum atomic E-state index is 5.95. The van der Waals surface area contributed by atoms with Crippen LogP contribution in [0.5, 0.6) is 0 Å². The number of rotatable bonds is 3. The molecule has 2 heterocycles. The molecule has 0 amide bonds. The van der Waals surface area contributed by atoms with Crippen LogP contribution in [0.25, 0.3) is 11.3 Å². The summed E-state index contributed by atoms with van der Waals surface area (Å²) in [4.78, 5) is 3.98. The molecule has 0 bridgehead atoms. The molecular formula is C12H16N4. The lowest BCUT2D eigenvalue weighted by Crippen LogP contribution is -2.04. The smallest absolute Gasteiger partial charge is 0.115 e. The summed E-state index contributed by atoms with van der Waals surface area (Å²) in [6.07, 6.45) is 5.38. The van der Waals surface area contributed by atoms with Crippen LogP contribution in [-0.4, -0.2) is 14.8 Å². The minimum Gasteiger partial charge on any atom is -0.396 e. The van der Waals surface area contributed by atoms with Gasteiger partial charge in [0, 0.05) is 30.7 Å². The number of nitrogen functional groups attached to an aromatic ring is 1. The highest BCUT2D eigenvalue weighted by Gasteiger charge is 2.08. The molecule has 0 spiro atoms. The molecule has 0 aliphatic heterocycles. The van der Waals surface area contributed by atoms with Crippen LogP contribution in [-0.2, 0) is 6.54 Å². The van der Waals surface area contributed by atoms with Crippen molar-refractivity contribution in [3.63, 3.8) is 0 Å². The Morgan fingerprint density at radius 1 is 1.31 bits per heavy atom. The minimum absolute atomic E-state index is 0.560. The SMILES string of the molecule is CC(C)Cn1cc(N)c(-c2ccncc2)n1. The van der Waals surface area contributed by atoms with E-state index in [0.29, 0.717) is 11.6 Å². The summed E-state index contributed by atoms with van der Waals surface area (Å²) in [5, 5.41) is 4.48. The van der Waals surface area contributed by atoms with Crippen molar-refractivity contribution in [3.05, 3.63) is 30.7 Å². The molecule has 0 radical (unpaired) electrons. The summed E-state index contributed by atoms with van der Waals surface area (Å²) in [5.74, 6) is 0.560. The van der Waals surface area contributed by atoms with Crippen LogP contribution in [0.1, 0.15) is 13.8 Å². The van der Waals surface area contributed by atoms with Crippen LogP contribution in [0.4, 0.5) is 5.69 Å². The molecule has 2 aromatic heterocycles. The fourth-order valence-electron chi connectivity index (χ4n) is 1.64. The van der Waals surface area contributed by atoms with Gasteiger partial charge in [0.15, 0.2) is 0 Å². The van der Waals surface area contributed by atoms with Gasteiger partial charge in [-0.1, -0.05) is 13.8 Å². The standard InChI is InChI=1S/C12H16N4/c1-9(2)7-16-8-11(13)12(15-16)10-3-5-14-6-4-10/h3-6,8-9H,7,13H2,1-2H3. The molecule has 0 fully saturated rings. The van der Waals surface area contributed by atoms with Crippen molar-refractivity contribution in [1.29, 1.82) is 0 Å². The number of anilines is 1. The van der Waals surface area contributed by atoms with Crippen LogP contribution in [0.2, 0.25) is 0 Å². The molecule has 0 aliphatic carbocycles. The molecular weight excluding hydrogens is 200 g/mol. The Morgan fingerprint density at radius 3 is 2.62 bits per heavy atom. The predicted octanol–water partition coefficient (Wildman–Crippen LogP) is 2.18. The quantitative estimate of drug-likeness (QED) is 0.855. The van der Waals surface area contributed by atoms with Gasteiger partial charge in [-0.05, 0) is 18.1 Å². The van der Waals surface area contributed by atoms with Crippen LogP contribution in [0, 0.1) is 5.92 Å². The first-order chi connectivity index (χ1) is 7.66. The van der Waals surface area contributed by atoms with Crippen LogP contribution >= 0.6 is 0 Å². The van der Waals surface area contributed by atoms with E-state index in [4.69, 9.17) is 5.73 Å². The van der Waals surface area contributed by atoms with Gasteiger partial charge < -0.3 is 5.73 Å². The van der Waals surface area contributed by atoms with Crippen LogP contribution in [0.15, 0.2) is 30.7 Å². The first-order valence-corrected chi connectivity index (χ1v) is 5.40. The largest absolute Gasteiger partial charge is 0.396 e. The van der Waals surface area contributed by atoms with Crippen molar-refractivity contribution in [3.8, 4) is 11.3 Å². The molecule has 0 atom stereocenters. The third-order valence-electron chi connectivity index (χ3n) is 2.30. The number of nitrogens with zero attached hydrogens (tertiary/aromatic N) is 3.